The highest BCUT2D eigenvalue weighted by atomic mass is 32.1. The maximum atomic E-state index is 12.8. The summed E-state index contributed by atoms with van der Waals surface area (Å²) < 4.78 is 0. The third kappa shape index (κ3) is 4.44. The molecular weight excluding hydrogens is 394 g/mol. The van der Waals surface area contributed by atoms with Gasteiger partial charge in [0.15, 0.2) is 0 Å². The minimum absolute atomic E-state index is 0.0500. The third-order valence-electron chi connectivity index (χ3n) is 5.46. The normalized spacial score (nSPS) is 13.5. The Balaban J connectivity index is 1.42. The van der Waals surface area contributed by atoms with E-state index in [9.17, 15) is 9.59 Å². The highest BCUT2D eigenvalue weighted by Crippen LogP contribution is 2.24. The van der Waals surface area contributed by atoms with Crippen molar-refractivity contribution >= 4 is 28.8 Å². The Hall–Kier alpha value is -2.99. The molecule has 3 aromatic rings. The highest BCUT2D eigenvalue weighted by Gasteiger charge is 2.22. The number of anilines is 1. The summed E-state index contributed by atoms with van der Waals surface area (Å²) >= 11 is 1.63. The first-order valence-corrected chi connectivity index (χ1v) is 11.1. The van der Waals surface area contributed by atoms with Gasteiger partial charge in [0.05, 0.1) is 17.1 Å². The molecule has 2 aromatic carbocycles. The Labute approximate surface area is 180 Å². The molecule has 4 rings (SSSR count). The number of nitrogens with one attached hydrogen (secondary N) is 1. The molecule has 0 aliphatic carbocycles. The molecule has 2 heterocycles. The molecule has 1 N–H and O–H groups in total. The van der Waals surface area contributed by atoms with Gasteiger partial charge in [-0.2, -0.15) is 0 Å². The summed E-state index contributed by atoms with van der Waals surface area (Å²) in [7, 11) is 0. The number of benzene rings is 2. The molecule has 1 aliphatic heterocycles. The van der Waals surface area contributed by atoms with E-state index < -0.39 is 0 Å². The van der Waals surface area contributed by atoms with E-state index in [2.05, 4.69) is 10.3 Å². The van der Waals surface area contributed by atoms with Gasteiger partial charge in [0.2, 0.25) is 5.91 Å². The Kier molecular flexibility index (Phi) is 5.95. The van der Waals surface area contributed by atoms with Crippen molar-refractivity contribution in [3.63, 3.8) is 0 Å². The standard InChI is InChI=1S/C24H25N3O2S/c1-16-20(24(29)27-12-3-4-13-27)6-5-7-21(16)26-23(28)14-18-8-10-19(11-9-18)22-15-30-17(2)25-22/h5-11,15H,3-4,12-14H2,1-2H3,(H,26,28). The van der Waals surface area contributed by atoms with Crippen LogP contribution in [0, 0.1) is 13.8 Å². The second-order valence-electron chi connectivity index (χ2n) is 7.65. The summed E-state index contributed by atoms with van der Waals surface area (Å²) in [5, 5.41) is 6.05. The van der Waals surface area contributed by atoms with Crippen LogP contribution in [0.15, 0.2) is 47.8 Å². The maximum Gasteiger partial charge on any atom is 0.254 e. The fourth-order valence-corrected chi connectivity index (χ4v) is 4.38. The van der Waals surface area contributed by atoms with E-state index in [1.54, 1.807) is 11.3 Å². The summed E-state index contributed by atoms with van der Waals surface area (Å²) in [5.74, 6) is -0.0462. The minimum atomic E-state index is -0.0962. The molecule has 0 radical (unpaired) electrons. The van der Waals surface area contributed by atoms with Crippen molar-refractivity contribution in [3.05, 3.63) is 69.5 Å². The van der Waals surface area contributed by atoms with Crippen LogP contribution in [-0.2, 0) is 11.2 Å². The average Bonchev–Trinajstić information content (AvgIpc) is 3.42. The molecule has 5 nitrogen and oxygen atoms in total. The van der Waals surface area contributed by atoms with Gasteiger partial charge in [-0.25, -0.2) is 4.98 Å². The van der Waals surface area contributed by atoms with E-state index in [1.165, 1.54) is 0 Å². The number of carbonyl (C=O) groups is 2. The van der Waals surface area contributed by atoms with Gasteiger partial charge in [-0.3, -0.25) is 9.59 Å². The molecule has 6 heteroatoms. The van der Waals surface area contributed by atoms with Crippen LogP contribution < -0.4 is 5.32 Å². The lowest BCUT2D eigenvalue weighted by atomic mass is 10.0. The lowest BCUT2D eigenvalue weighted by Gasteiger charge is -2.18. The number of aryl methyl sites for hydroxylation is 1. The van der Waals surface area contributed by atoms with Crippen molar-refractivity contribution in [2.45, 2.75) is 33.1 Å². The largest absolute Gasteiger partial charge is 0.339 e. The van der Waals surface area contributed by atoms with E-state index in [0.29, 0.717) is 11.3 Å². The first-order chi connectivity index (χ1) is 14.5. The van der Waals surface area contributed by atoms with E-state index in [0.717, 1.165) is 53.3 Å². The van der Waals surface area contributed by atoms with Crippen LogP contribution in [0.4, 0.5) is 5.69 Å². The second kappa shape index (κ2) is 8.79. The van der Waals surface area contributed by atoms with Crippen molar-refractivity contribution in [1.82, 2.24) is 9.88 Å². The van der Waals surface area contributed by atoms with Gasteiger partial charge in [-0.05, 0) is 49.9 Å². The molecule has 2 amide bonds. The Morgan fingerprint density at radius 3 is 2.47 bits per heavy atom. The van der Waals surface area contributed by atoms with E-state index in [4.69, 9.17) is 0 Å². The van der Waals surface area contributed by atoms with Gasteiger partial charge >= 0.3 is 0 Å². The lowest BCUT2D eigenvalue weighted by Crippen LogP contribution is -2.28. The second-order valence-corrected chi connectivity index (χ2v) is 8.71. The van der Waals surface area contributed by atoms with E-state index in [1.807, 2.05) is 66.6 Å². The van der Waals surface area contributed by atoms with Gasteiger partial charge in [-0.1, -0.05) is 30.3 Å². The summed E-state index contributed by atoms with van der Waals surface area (Å²) in [6, 6.07) is 13.4. The van der Waals surface area contributed by atoms with Crippen LogP contribution in [0.2, 0.25) is 0 Å². The Bertz CT molecular complexity index is 1070. The minimum Gasteiger partial charge on any atom is -0.339 e. The van der Waals surface area contributed by atoms with Crippen molar-refractivity contribution in [2.75, 3.05) is 18.4 Å². The number of hydrogen-bond acceptors (Lipinski definition) is 4. The molecule has 1 saturated heterocycles. The molecule has 154 valence electrons. The molecule has 0 bridgehead atoms. The molecule has 1 fully saturated rings. The summed E-state index contributed by atoms with van der Waals surface area (Å²) in [6.07, 6.45) is 2.39. The van der Waals surface area contributed by atoms with Crippen LogP contribution >= 0.6 is 11.3 Å². The lowest BCUT2D eigenvalue weighted by molar-refractivity contribution is -0.115. The maximum absolute atomic E-state index is 12.8. The molecule has 30 heavy (non-hydrogen) atoms. The average molecular weight is 420 g/mol. The van der Waals surface area contributed by atoms with Crippen molar-refractivity contribution in [3.8, 4) is 11.3 Å². The zero-order valence-electron chi connectivity index (χ0n) is 17.3. The Morgan fingerprint density at radius 1 is 1.07 bits per heavy atom. The number of aromatic nitrogens is 1. The van der Waals surface area contributed by atoms with Gasteiger partial charge in [-0.15, -0.1) is 11.3 Å². The number of hydrogen-bond donors (Lipinski definition) is 1. The van der Waals surface area contributed by atoms with Crippen LogP contribution in [0.5, 0.6) is 0 Å². The molecule has 1 aliphatic rings. The fourth-order valence-electron chi connectivity index (χ4n) is 3.76. The predicted octanol–water partition coefficient (Wildman–Crippen LogP) is 4.84. The SMILES string of the molecule is Cc1nc(-c2ccc(CC(=O)Nc3cccc(C(=O)N4CCCC4)c3C)cc2)cs1. The van der Waals surface area contributed by atoms with Crippen LogP contribution in [0.3, 0.4) is 0 Å². The van der Waals surface area contributed by atoms with Crippen molar-refractivity contribution in [1.29, 1.82) is 0 Å². The van der Waals surface area contributed by atoms with Gasteiger partial charge in [0.25, 0.3) is 5.91 Å². The van der Waals surface area contributed by atoms with Crippen LogP contribution in [0.25, 0.3) is 11.3 Å². The topological polar surface area (TPSA) is 62.3 Å². The zero-order chi connectivity index (χ0) is 21.1. The first-order valence-electron chi connectivity index (χ1n) is 10.2. The predicted molar refractivity (Wildman–Crippen MR) is 121 cm³/mol. The first kappa shape index (κ1) is 20.3. The number of nitrogens with zero attached hydrogens (tertiary/aromatic N) is 2. The molecule has 0 atom stereocenters. The highest BCUT2D eigenvalue weighted by molar-refractivity contribution is 7.09. The smallest absolute Gasteiger partial charge is 0.254 e. The monoisotopic (exact) mass is 419 g/mol. The number of carbonyl (C=O) groups excluding carboxylic acids is 2. The molecular formula is C24H25N3O2S. The molecule has 0 unspecified atom stereocenters. The Morgan fingerprint density at radius 2 is 1.80 bits per heavy atom. The van der Waals surface area contributed by atoms with Crippen LogP contribution in [0.1, 0.15) is 39.3 Å². The number of thiazole rings is 1. The molecule has 1 aromatic heterocycles. The third-order valence-corrected chi connectivity index (χ3v) is 6.24. The van der Waals surface area contributed by atoms with E-state index >= 15 is 0 Å². The summed E-state index contributed by atoms with van der Waals surface area (Å²) in [4.78, 5) is 31.8. The van der Waals surface area contributed by atoms with Gasteiger partial charge < -0.3 is 10.2 Å². The van der Waals surface area contributed by atoms with Crippen molar-refractivity contribution in [2.24, 2.45) is 0 Å². The molecule has 0 spiro atoms. The quantitative estimate of drug-likeness (QED) is 0.643. The number of amides is 2. The summed E-state index contributed by atoms with van der Waals surface area (Å²) in [5.41, 5.74) is 5.12. The number of likely N-dealkylation sites (tertiary alicyclic amines) is 1. The van der Waals surface area contributed by atoms with Crippen molar-refractivity contribution < 1.29 is 9.59 Å². The van der Waals surface area contributed by atoms with Gasteiger partial charge in [0.1, 0.15) is 0 Å². The van der Waals surface area contributed by atoms with E-state index in [-0.39, 0.29) is 18.2 Å². The van der Waals surface area contributed by atoms with Crippen LogP contribution in [-0.4, -0.2) is 34.8 Å². The van der Waals surface area contributed by atoms with Gasteiger partial charge in [0, 0.05) is 35.3 Å². The fraction of sp³-hybridized carbons (Fsp3) is 0.292. The molecule has 0 saturated carbocycles. The zero-order valence-corrected chi connectivity index (χ0v) is 18.1. The number of rotatable bonds is 5. The summed E-state index contributed by atoms with van der Waals surface area (Å²) in [6.45, 7) is 5.50.